The van der Waals surface area contributed by atoms with Crippen molar-refractivity contribution < 1.29 is 14.3 Å². The second-order valence-electron chi connectivity index (χ2n) is 8.88. The van der Waals surface area contributed by atoms with Crippen LogP contribution in [-0.4, -0.2) is 64.6 Å². The molecule has 34 heavy (non-hydrogen) atoms. The van der Waals surface area contributed by atoms with Gasteiger partial charge in [-0.1, -0.05) is 11.6 Å². The number of carbonyl (C=O) groups excluding carboxylic acids is 2. The van der Waals surface area contributed by atoms with Crippen LogP contribution in [0.4, 0.5) is 10.5 Å². The second kappa shape index (κ2) is 9.54. The maximum Gasteiger partial charge on any atom is 0.321 e. The molecular formula is C25H28ClN5O3. The van der Waals surface area contributed by atoms with Crippen molar-refractivity contribution in [2.75, 3.05) is 38.6 Å². The highest BCUT2D eigenvalue weighted by Gasteiger charge is 2.26. The van der Waals surface area contributed by atoms with Crippen LogP contribution in [0, 0.1) is 0 Å². The maximum atomic E-state index is 12.9. The number of amides is 3. The summed E-state index contributed by atoms with van der Waals surface area (Å²) in [6.07, 6.45) is 7.42. The van der Waals surface area contributed by atoms with Gasteiger partial charge in [0.25, 0.3) is 5.91 Å². The summed E-state index contributed by atoms with van der Waals surface area (Å²) < 4.78 is 7.10. The molecule has 1 N–H and O–H groups in total. The minimum Gasteiger partial charge on any atom is -0.495 e. The summed E-state index contributed by atoms with van der Waals surface area (Å²) in [4.78, 5) is 29.5. The van der Waals surface area contributed by atoms with E-state index in [1.807, 2.05) is 16.0 Å². The number of likely N-dealkylation sites (tertiary alicyclic amines) is 2. The van der Waals surface area contributed by atoms with Crippen molar-refractivity contribution >= 4 is 34.7 Å². The Balaban J connectivity index is 1.26. The predicted molar refractivity (Wildman–Crippen MR) is 131 cm³/mol. The van der Waals surface area contributed by atoms with Gasteiger partial charge < -0.3 is 19.9 Å². The number of benzene rings is 1. The SMILES string of the molecule is COc1ccc(Cl)cc1NC(=O)N1CCC(c2ccn3ncc(C(=O)N4CCCC4)c3c2)CC1. The topological polar surface area (TPSA) is 79.2 Å². The largest absolute Gasteiger partial charge is 0.495 e. The van der Waals surface area contributed by atoms with E-state index in [4.69, 9.17) is 16.3 Å². The van der Waals surface area contributed by atoms with E-state index in [0.29, 0.717) is 41.0 Å². The number of methoxy groups -OCH3 is 1. The number of aromatic nitrogens is 2. The molecule has 0 aliphatic carbocycles. The molecule has 0 unspecified atom stereocenters. The van der Waals surface area contributed by atoms with Crippen LogP contribution in [-0.2, 0) is 0 Å². The fourth-order valence-corrected chi connectivity index (χ4v) is 5.07. The molecule has 2 aliphatic rings. The smallest absolute Gasteiger partial charge is 0.321 e. The van der Waals surface area contributed by atoms with Crippen molar-refractivity contribution in [2.24, 2.45) is 0 Å². The molecular weight excluding hydrogens is 454 g/mol. The first-order valence-electron chi connectivity index (χ1n) is 11.7. The van der Waals surface area contributed by atoms with E-state index in [0.717, 1.165) is 44.3 Å². The lowest BCUT2D eigenvalue weighted by atomic mass is 9.89. The predicted octanol–water partition coefficient (Wildman–Crippen LogP) is 4.64. The number of piperidine rings is 1. The number of nitrogens with zero attached hydrogens (tertiary/aromatic N) is 4. The first-order valence-corrected chi connectivity index (χ1v) is 12.1. The second-order valence-corrected chi connectivity index (χ2v) is 9.32. The van der Waals surface area contributed by atoms with Gasteiger partial charge in [-0.25, -0.2) is 9.31 Å². The first-order chi connectivity index (χ1) is 16.5. The Bertz CT molecular complexity index is 1210. The van der Waals surface area contributed by atoms with Gasteiger partial charge >= 0.3 is 6.03 Å². The molecule has 0 spiro atoms. The lowest BCUT2D eigenvalue weighted by Gasteiger charge is -2.32. The van der Waals surface area contributed by atoms with Gasteiger partial charge in [0, 0.05) is 37.4 Å². The molecule has 2 fully saturated rings. The molecule has 2 aromatic heterocycles. The number of hydrogen-bond acceptors (Lipinski definition) is 4. The van der Waals surface area contributed by atoms with Gasteiger partial charge in [0.1, 0.15) is 5.75 Å². The summed E-state index contributed by atoms with van der Waals surface area (Å²) in [6, 6.07) is 9.15. The summed E-state index contributed by atoms with van der Waals surface area (Å²) in [5.41, 5.74) is 3.25. The number of carbonyl (C=O) groups is 2. The van der Waals surface area contributed by atoms with Crippen molar-refractivity contribution in [3.05, 3.63) is 58.9 Å². The zero-order valence-electron chi connectivity index (χ0n) is 19.2. The molecule has 2 aliphatic heterocycles. The molecule has 2 saturated heterocycles. The standard InChI is InChI=1S/C25H28ClN5O3/c1-34-23-5-4-19(26)15-21(23)28-25(33)30-11-6-17(7-12-30)18-8-13-31-22(14-18)20(16-27-31)24(32)29-9-2-3-10-29/h4-5,8,13-17H,2-3,6-7,9-12H2,1H3,(H,28,33). The van der Waals surface area contributed by atoms with E-state index in [-0.39, 0.29) is 11.9 Å². The zero-order chi connectivity index (χ0) is 23.7. The van der Waals surface area contributed by atoms with E-state index in [1.54, 1.807) is 36.0 Å². The molecule has 3 amide bonds. The molecule has 0 bridgehead atoms. The van der Waals surface area contributed by atoms with Gasteiger partial charge in [0.05, 0.1) is 30.1 Å². The molecule has 3 aromatic rings. The number of anilines is 1. The molecule has 0 saturated carbocycles. The Morgan fingerprint density at radius 3 is 2.56 bits per heavy atom. The van der Waals surface area contributed by atoms with Crippen LogP contribution in [0.15, 0.2) is 42.7 Å². The number of hydrogen-bond donors (Lipinski definition) is 1. The quantitative estimate of drug-likeness (QED) is 0.588. The van der Waals surface area contributed by atoms with Crippen LogP contribution in [0.25, 0.3) is 5.52 Å². The monoisotopic (exact) mass is 481 g/mol. The Morgan fingerprint density at radius 1 is 1.06 bits per heavy atom. The van der Waals surface area contributed by atoms with Crippen LogP contribution < -0.4 is 10.1 Å². The average Bonchev–Trinajstić information content (AvgIpc) is 3.54. The Labute approximate surface area is 203 Å². The lowest BCUT2D eigenvalue weighted by Crippen LogP contribution is -2.40. The summed E-state index contributed by atoms with van der Waals surface area (Å²) in [7, 11) is 1.56. The Morgan fingerprint density at radius 2 is 1.82 bits per heavy atom. The van der Waals surface area contributed by atoms with Crippen molar-refractivity contribution in [1.82, 2.24) is 19.4 Å². The highest BCUT2D eigenvalue weighted by Crippen LogP contribution is 2.31. The summed E-state index contributed by atoms with van der Waals surface area (Å²) in [5.74, 6) is 0.952. The third-order valence-corrected chi connectivity index (χ3v) is 7.06. The fourth-order valence-electron chi connectivity index (χ4n) is 4.89. The van der Waals surface area contributed by atoms with Gasteiger partial charge in [0.2, 0.25) is 0 Å². The van der Waals surface area contributed by atoms with Gasteiger partial charge in [-0.3, -0.25) is 4.79 Å². The average molecular weight is 482 g/mol. The van der Waals surface area contributed by atoms with Crippen LogP contribution in [0.1, 0.15) is 47.5 Å². The normalized spacial score (nSPS) is 16.8. The molecule has 178 valence electrons. The highest BCUT2D eigenvalue weighted by atomic mass is 35.5. The van der Waals surface area contributed by atoms with Gasteiger partial charge in [-0.2, -0.15) is 5.10 Å². The number of urea groups is 1. The number of halogens is 1. The first kappa shape index (κ1) is 22.5. The van der Waals surface area contributed by atoms with E-state index in [2.05, 4.69) is 22.5 Å². The Hall–Kier alpha value is -3.26. The summed E-state index contributed by atoms with van der Waals surface area (Å²) >= 11 is 6.08. The number of pyridine rings is 1. The van der Waals surface area contributed by atoms with Crippen LogP contribution in [0.3, 0.4) is 0 Å². The summed E-state index contributed by atoms with van der Waals surface area (Å²) in [5, 5.41) is 7.83. The molecule has 1 aromatic carbocycles. The van der Waals surface area contributed by atoms with Gasteiger partial charge in [-0.05, 0) is 67.5 Å². The molecule has 0 radical (unpaired) electrons. The van der Waals surface area contributed by atoms with E-state index < -0.39 is 0 Å². The van der Waals surface area contributed by atoms with Crippen LogP contribution in [0.5, 0.6) is 5.75 Å². The number of nitrogens with one attached hydrogen (secondary N) is 1. The highest BCUT2D eigenvalue weighted by molar-refractivity contribution is 6.31. The lowest BCUT2D eigenvalue weighted by molar-refractivity contribution is 0.0794. The third-order valence-electron chi connectivity index (χ3n) is 6.83. The van der Waals surface area contributed by atoms with Crippen LogP contribution in [0.2, 0.25) is 5.02 Å². The van der Waals surface area contributed by atoms with E-state index >= 15 is 0 Å². The van der Waals surface area contributed by atoms with E-state index in [9.17, 15) is 9.59 Å². The van der Waals surface area contributed by atoms with E-state index in [1.165, 1.54) is 5.56 Å². The molecule has 8 nitrogen and oxygen atoms in total. The molecule has 0 atom stereocenters. The molecule has 5 rings (SSSR count). The van der Waals surface area contributed by atoms with Crippen LogP contribution >= 0.6 is 11.6 Å². The van der Waals surface area contributed by atoms with Crippen molar-refractivity contribution in [2.45, 2.75) is 31.6 Å². The van der Waals surface area contributed by atoms with Gasteiger partial charge in [0.15, 0.2) is 0 Å². The van der Waals surface area contributed by atoms with Crippen molar-refractivity contribution in [3.63, 3.8) is 0 Å². The summed E-state index contributed by atoms with van der Waals surface area (Å²) in [6.45, 7) is 2.92. The Kier molecular flexibility index (Phi) is 6.32. The maximum absolute atomic E-state index is 12.9. The molecule has 4 heterocycles. The van der Waals surface area contributed by atoms with Crippen molar-refractivity contribution in [1.29, 1.82) is 0 Å². The minimum atomic E-state index is -0.163. The number of rotatable bonds is 4. The zero-order valence-corrected chi connectivity index (χ0v) is 19.9. The molecule has 9 heteroatoms. The fraction of sp³-hybridized carbons (Fsp3) is 0.400. The minimum absolute atomic E-state index is 0.0626. The number of fused-ring (bicyclic) bond motifs is 1. The third kappa shape index (κ3) is 4.42. The van der Waals surface area contributed by atoms with Crippen molar-refractivity contribution in [3.8, 4) is 5.75 Å². The van der Waals surface area contributed by atoms with Gasteiger partial charge in [-0.15, -0.1) is 0 Å². The number of ether oxygens (including phenoxy) is 1.